The van der Waals surface area contributed by atoms with Crippen LogP contribution in [0, 0.1) is 0 Å². The van der Waals surface area contributed by atoms with Crippen molar-refractivity contribution in [3.05, 3.63) is 30.3 Å². The lowest BCUT2D eigenvalue weighted by Gasteiger charge is -2.29. The van der Waals surface area contributed by atoms with E-state index in [1.54, 1.807) is 0 Å². The van der Waals surface area contributed by atoms with Gasteiger partial charge in [-0.05, 0) is 13.8 Å². The molecule has 0 spiro atoms. The highest BCUT2D eigenvalue weighted by atomic mass is 35.7. The van der Waals surface area contributed by atoms with Crippen molar-refractivity contribution in [2.24, 2.45) is 0 Å². The van der Waals surface area contributed by atoms with Gasteiger partial charge in [-0.1, -0.05) is 48.5 Å². The van der Waals surface area contributed by atoms with Crippen molar-refractivity contribution < 1.29 is 0 Å². The molecule has 14 heavy (non-hydrogen) atoms. The molecule has 0 aromatic heterocycles. The van der Waals surface area contributed by atoms with Crippen molar-refractivity contribution >= 4 is 24.0 Å². The van der Waals surface area contributed by atoms with Gasteiger partial charge in [0.25, 0.3) is 0 Å². The van der Waals surface area contributed by atoms with Gasteiger partial charge < -0.3 is 0 Å². The number of benzene rings is 1. The summed E-state index contributed by atoms with van der Waals surface area (Å²) in [7, 11) is -0.673. The fourth-order valence-electron chi connectivity index (χ4n) is 1.39. The third-order valence-electron chi connectivity index (χ3n) is 2.11. The molecule has 0 N–H and O–H groups in total. The molecule has 0 saturated heterocycles. The van der Waals surface area contributed by atoms with Gasteiger partial charge in [-0.15, -0.1) is 0 Å². The minimum atomic E-state index is -0.673. The molecule has 0 aliphatic rings. The van der Waals surface area contributed by atoms with Crippen molar-refractivity contribution in [3.63, 3.8) is 0 Å². The van der Waals surface area contributed by atoms with Crippen molar-refractivity contribution in [1.82, 2.24) is 4.67 Å². The Bertz CT molecular complexity index is 263. The lowest BCUT2D eigenvalue weighted by molar-refractivity contribution is 0.408. The predicted octanol–water partition coefficient (Wildman–Crippen LogP) is 3.59. The zero-order chi connectivity index (χ0) is 10.6. The molecule has 3 heteroatoms. The summed E-state index contributed by atoms with van der Waals surface area (Å²) in [6, 6.07) is 10.8. The smallest absolute Gasteiger partial charge is 0.0948 e. The Morgan fingerprint density at radius 3 is 2.29 bits per heavy atom. The number of nitrogens with zero attached hydrogens (tertiary/aromatic N) is 1. The van der Waals surface area contributed by atoms with E-state index in [1.165, 1.54) is 5.30 Å². The van der Waals surface area contributed by atoms with E-state index in [4.69, 9.17) is 11.2 Å². The molecule has 0 bridgehead atoms. The van der Waals surface area contributed by atoms with Crippen molar-refractivity contribution in [2.75, 3.05) is 6.54 Å². The van der Waals surface area contributed by atoms with E-state index in [0.717, 1.165) is 6.54 Å². The largest absolute Gasteiger partial charge is 0.264 e. The van der Waals surface area contributed by atoms with Crippen molar-refractivity contribution in [3.8, 4) is 0 Å². The maximum absolute atomic E-state index is 6.46. The Balaban J connectivity index is 2.78. The first kappa shape index (κ1) is 12.0. The van der Waals surface area contributed by atoms with Gasteiger partial charge in [0.05, 0.1) is 7.43 Å². The van der Waals surface area contributed by atoms with E-state index in [0.29, 0.717) is 6.04 Å². The Morgan fingerprint density at radius 2 is 1.86 bits per heavy atom. The molecule has 0 radical (unpaired) electrons. The van der Waals surface area contributed by atoms with Crippen LogP contribution in [-0.4, -0.2) is 17.3 Å². The number of hydrogen-bond donors (Lipinski definition) is 0. The minimum Gasteiger partial charge on any atom is -0.264 e. The van der Waals surface area contributed by atoms with Crippen LogP contribution in [0.3, 0.4) is 0 Å². The Hall–Kier alpha value is -0.100. The molecule has 1 nitrogen and oxygen atoms in total. The monoisotopic (exact) mass is 229 g/mol. The van der Waals surface area contributed by atoms with Crippen LogP contribution in [-0.2, 0) is 0 Å². The third kappa shape index (κ3) is 2.95. The average Bonchev–Trinajstić information content (AvgIpc) is 2.19. The van der Waals surface area contributed by atoms with Crippen LogP contribution < -0.4 is 5.30 Å². The van der Waals surface area contributed by atoms with Crippen LogP contribution in [0.25, 0.3) is 0 Å². The maximum Gasteiger partial charge on any atom is 0.0948 e. The first-order valence-electron chi connectivity index (χ1n) is 4.94. The summed E-state index contributed by atoms with van der Waals surface area (Å²) in [4.78, 5) is 0. The number of halogens is 1. The molecule has 0 aliphatic carbocycles. The van der Waals surface area contributed by atoms with E-state index in [1.807, 2.05) is 18.2 Å². The Morgan fingerprint density at radius 1 is 1.29 bits per heavy atom. The zero-order valence-electron chi connectivity index (χ0n) is 8.94. The average molecular weight is 230 g/mol. The van der Waals surface area contributed by atoms with Gasteiger partial charge in [-0.2, -0.15) is 0 Å². The molecular weight excluding hydrogens is 213 g/mol. The molecule has 1 aromatic carbocycles. The normalized spacial score (nSPS) is 13.6. The summed E-state index contributed by atoms with van der Waals surface area (Å²) in [5.74, 6) is 0. The van der Waals surface area contributed by atoms with Gasteiger partial charge in [-0.25, -0.2) is 0 Å². The fraction of sp³-hybridized carbons (Fsp3) is 0.455. The highest BCUT2D eigenvalue weighted by Gasteiger charge is 2.18. The summed E-state index contributed by atoms with van der Waals surface area (Å²) in [6.07, 6.45) is 0. The standard InChI is InChI=1S/C11H17ClNP/c1-4-13(10(2)3)14(12)11-8-6-5-7-9-11/h5-10H,4H2,1-3H3. The summed E-state index contributed by atoms with van der Waals surface area (Å²) in [6.45, 7) is 7.52. The van der Waals surface area contributed by atoms with Crippen LogP contribution >= 0.6 is 18.7 Å². The minimum absolute atomic E-state index is 0.504. The zero-order valence-corrected chi connectivity index (χ0v) is 10.6. The number of rotatable bonds is 4. The van der Waals surface area contributed by atoms with E-state index >= 15 is 0 Å². The van der Waals surface area contributed by atoms with Crippen molar-refractivity contribution in [2.45, 2.75) is 26.8 Å². The van der Waals surface area contributed by atoms with E-state index in [-0.39, 0.29) is 0 Å². The topological polar surface area (TPSA) is 3.24 Å². The van der Waals surface area contributed by atoms with Crippen LogP contribution in [0.15, 0.2) is 30.3 Å². The SMILES string of the molecule is CCN(C(C)C)P(Cl)c1ccccc1. The lowest BCUT2D eigenvalue weighted by atomic mass is 10.4. The molecule has 0 saturated carbocycles. The molecule has 78 valence electrons. The summed E-state index contributed by atoms with van der Waals surface area (Å²) >= 11 is 6.46. The molecule has 0 aliphatic heterocycles. The molecule has 1 rings (SSSR count). The van der Waals surface area contributed by atoms with Crippen LogP contribution in [0.2, 0.25) is 0 Å². The van der Waals surface area contributed by atoms with Gasteiger partial charge in [0, 0.05) is 17.9 Å². The summed E-state index contributed by atoms with van der Waals surface area (Å²) in [5, 5.41) is 1.24. The molecule has 1 unspecified atom stereocenters. The maximum atomic E-state index is 6.46. The first-order chi connectivity index (χ1) is 6.66. The van der Waals surface area contributed by atoms with E-state index < -0.39 is 7.43 Å². The lowest BCUT2D eigenvalue weighted by Crippen LogP contribution is -2.27. The van der Waals surface area contributed by atoms with Gasteiger partial charge >= 0.3 is 0 Å². The van der Waals surface area contributed by atoms with Crippen LogP contribution in [0.5, 0.6) is 0 Å². The second kappa shape index (κ2) is 5.70. The second-order valence-corrected chi connectivity index (χ2v) is 5.96. The van der Waals surface area contributed by atoms with Crippen molar-refractivity contribution in [1.29, 1.82) is 0 Å². The van der Waals surface area contributed by atoms with E-state index in [2.05, 4.69) is 37.6 Å². The van der Waals surface area contributed by atoms with Crippen LogP contribution in [0.4, 0.5) is 0 Å². The van der Waals surface area contributed by atoms with Gasteiger partial charge in [0.2, 0.25) is 0 Å². The fourth-order valence-corrected chi connectivity index (χ4v) is 3.94. The van der Waals surface area contributed by atoms with Gasteiger partial charge in [0.15, 0.2) is 0 Å². The predicted molar refractivity (Wildman–Crippen MR) is 66.4 cm³/mol. The Labute approximate surface area is 92.7 Å². The molecule has 1 aromatic rings. The highest BCUT2D eigenvalue weighted by molar-refractivity contribution is 7.88. The summed E-state index contributed by atoms with van der Waals surface area (Å²) in [5.41, 5.74) is 0. The number of hydrogen-bond acceptors (Lipinski definition) is 1. The summed E-state index contributed by atoms with van der Waals surface area (Å²) < 4.78 is 2.33. The van der Waals surface area contributed by atoms with Crippen LogP contribution in [0.1, 0.15) is 20.8 Å². The van der Waals surface area contributed by atoms with Gasteiger partial charge in [-0.3, -0.25) is 4.67 Å². The second-order valence-electron chi connectivity index (χ2n) is 3.45. The van der Waals surface area contributed by atoms with Gasteiger partial charge in [0.1, 0.15) is 0 Å². The molecular formula is C11H17ClNP. The third-order valence-corrected chi connectivity index (χ3v) is 5.20. The Kier molecular flexibility index (Phi) is 4.88. The molecule has 0 heterocycles. The molecule has 1 atom stereocenters. The first-order valence-corrected chi connectivity index (χ1v) is 7.14. The molecule has 0 amide bonds. The molecule has 0 fully saturated rings. The quantitative estimate of drug-likeness (QED) is 0.714. The highest BCUT2D eigenvalue weighted by Crippen LogP contribution is 2.45. The van der Waals surface area contributed by atoms with E-state index in [9.17, 15) is 0 Å².